The molecule has 1 aliphatic heterocycles. The van der Waals surface area contributed by atoms with Crippen LogP contribution in [0, 0.1) is 0 Å². The molecule has 0 aromatic carbocycles. The van der Waals surface area contributed by atoms with Crippen LogP contribution >= 0.6 is 0 Å². The molecule has 1 aliphatic rings. The van der Waals surface area contributed by atoms with Crippen molar-refractivity contribution >= 4 is 15.2 Å². The van der Waals surface area contributed by atoms with Crippen molar-refractivity contribution in [3.63, 3.8) is 0 Å². The maximum absolute atomic E-state index is 11.7. The van der Waals surface area contributed by atoms with Crippen molar-refractivity contribution in [1.82, 2.24) is 9.67 Å². The van der Waals surface area contributed by atoms with Gasteiger partial charge < -0.3 is 0 Å². The van der Waals surface area contributed by atoms with Gasteiger partial charge in [-0.3, -0.25) is 0 Å². The normalized spacial score (nSPS) is 21.6. The summed E-state index contributed by atoms with van der Waals surface area (Å²) in [7, 11) is 0. The molecule has 0 saturated heterocycles. The first-order valence-electron chi connectivity index (χ1n) is 1.57. The van der Waals surface area contributed by atoms with Gasteiger partial charge >= 0.3 is 45.3 Å². The molecule has 3 nitrogen and oxygen atoms in total. The van der Waals surface area contributed by atoms with E-state index in [1.807, 2.05) is 5.43 Å². The third-order valence-corrected chi connectivity index (χ3v) is 1.73. The zero-order valence-electron chi connectivity index (χ0n) is 3.26. The van der Waals surface area contributed by atoms with Gasteiger partial charge in [0.1, 0.15) is 0 Å². The van der Waals surface area contributed by atoms with Crippen LogP contribution in [0.4, 0.5) is 4.48 Å². The molecule has 40 valence electrons. The van der Waals surface area contributed by atoms with E-state index in [9.17, 15) is 4.48 Å². The minimum atomic E-state index is -0.357. The Kier molecular flexibility index (Phi) is 1.19. The fraction of sp³-hybridized carbons (Fsp3) is 0. The van der Waals surface area contributed by atoms with E-state index in [1.165, 1.54) is 4.97 Å². The first kappa shape index (κ1) is 4.90. The van der Waals surface area contributed by atoms with E-state index in [4.69, 9.17) is 5.11 Å². The van der Waals surface area contributed by atoms with Gasteiger partial charge in [-0.05, 0) is 0 Å². The number of hydrogen-bond donors (Lipinski definition) is 2. The molecule has 0 bridgehead atoms. The average molecular weight is 169 g/mol. The van der Waals surface area contributed by atoms with Crippen molar-refractivity contribution in [3.05, 3.63) is 10.9 Å². The van der Waals surface area contributed by atoms with Crippen LogP contribution in [0.5, 0.6) is 0 Å². The van der Waals surface area contributed by atoms with E-state index in [-0.39, 0.29) is 21.1 Å². The first-order chi connectivity index (χ1) is 3.29. The summed E-state index contributed by atoms with van der Waals surface area (Å²) in [5.74, 6) is -0.0949. The van der Waals surface area contributed by atoms with E-state index >= 15 is 0 Å². The maximum atomic E-state index is 11.7. The molecule has 1 rings (SSSR count). The van der Waals surface area contributed by atoms with Crippen LogP contribution in [0.25, 0.3) is 0 Å². The molecule has 0 atom stereocenters. The van der Waals surface area contributed by atoms with Crippen molar-refractivity contribution in [2.75, 3.05) is 0 Å². The molecular formula is C2H3FN2OSe. The van der Waals surface area contributed by atoms with Gasteiger partial charge in [0, 0.05) is 0 Å². The summed E-state index contributed by atoms with van der Waals surface area (Å²) < 4.78 is 12.1. The molecule has 0 saturated carbocycles. The number of rotatable bonds is 0. The van der Waals surface area contributed by atoms with Gasteiger partial charge in [-0.2, -0.15) is 0 Å². The van der Waals surface area contributed by atoms with Crippen LogP contribution in [-0.2, 0) is 0 Å². The number of nitrogens with zero attached hydrogens (tertiary/aromatic N) is 1. The van der Waals surface area contributed by atoms with Gasteiger partial charge in [0.05, 0.1) is 0 Å². The van der Waals surface area contributed by atoms with Crippen LogP contribution in [-0.4, -0.2) is 24.5 Å². The number of halogens is 1. The molecular weight excluding hydrogens is 166 g/mol. The Bertz CT molecular complexity index is 106. The van der Waals surface area contributed by atoms with Gasteiger partial charge in [0.2, 0.25) is 0 Å². The average Bonchev–Trinajstić information content (AvgIpc) is 1.87. The number of hydrazine groups is 1. The predicted octanol–water partition coefficient (Wildman–Crippen LogP) is -0.333. The molecule has 0 aromatic rings. The quantitative estimate of drug-likeness (QED) is 0.385. The third kappa shape index (κ3) is 1.06. The Morgan fingerprint density at radius 2 is 2.71 bits per heavy atom. The number of nitrogens with one attached hydrogen (secondary N) is 1. The van der Waals surface area contributed by atoms with Crippen molar-refractivity contribution in [2.45, 2.75) is 0 Å². The summed E-state index contributed by atoms with van der Waals surface area (Å²) in [5, 5.41) is 8.38. The fourth-order valence-electron chi connectivity index (χ4n) is 0.239. The SMILES string of the molecule is OC1=C[Se]N(F)N1. The molecule has 0 spiro atoms. The van der Waals surface area contributed by atoms with Crippen molar-refractivity contribution < 1.29 is 9.59 Å². The van der Waals surface area contributed by atoms with Gasteiger partial charge in [0.25, 0.3) is 0 Å². The van der Waals surface area contributed by atoms with E-state index in [0.717, 1.165) is 0 Å². The Hall–Kier alpha value is -0.251. The van der Waals surface area contributed by atoms with Gasteiger partial charge in [0.15, 0.2) is 0 Å². The monoisotopic (exact) mass is 170 g/mol. The van der Waals surface area contributed by atoms with Gasteiger partial charge in [-0.25, -0.2) is 0 Å². The second kappa shape index (κ2) is 1.69. The molecule has 0 aromatic heterocycles. The van der Waals surface area contributed by atoms with Crippen LogP contribution in [0.3, 0.4) is 0 Å². The molecule has 5 heteroatoms. The molecule has 0 aliphatic carbocycles. The molecule has 0 amide bonds. The zero-order chi connectivity index (χ0) is 5.28. The molecule has 0 radical (unpaired) electrons. The summed E-state index contributed by atoms with van der Waals surface area (Å²) in [6.07, 6.45) is 0. The predicted molar refractivity (Wildman–Crippen MR) is 22.5 cm³/mol. The Morgan fingerprint density at radius 1 is 2.00 bits per heavy atom. The summed E-state index contributed by atoms with van der Waals surface area (Å²) in [5.41, 5.74) is 2.03. The first-order valence-corrected chi connectivity index (χ1v) is 3.33. The summed E-state index contributed by atoms with van der Waals surface area (Å²) in [6.45, 7) is 0. The van der Waals surface area contributed by atoms with Crippen LogP contribution in [0.15, 0.2) is 10.9 Å². The van der Waals surface area contributed by atoms with E-state index in [0.29, 0.717) is 4.25 Å². The Labute approximate surface area is 46.1 Å². The molecule has 0 fully saturated rings. The minimum absolute atomic E-state index is 0.0949. The number of aliphatic hydroxyl groups excluding tert-OH is 1. The van der Waals surface area contributed by atoms with Crippen LogP contribution in [0.2, 0.25) is 0 Å². The summed E-state index contributed by atoms with van der Waals surface area (Å²) in [6, 6.07) is 0. The number of hydrogen-bond acceptors (Lipinski definition) is 3. The molecule has 1 heterocycles. The van der Waals surface area contributed by atoms with Crippen LogP contribution < -0.4 is 5.43 Å². The van der Waals surface area contributed by atoms with Gasteiger partial charge in [-0.15, -0.1) is 0 Å². The molecule has 0 unspecified atom stereocenters. The van der Waals surface area contributed by atoms with Crippen molar-refractivity contribution in [1.29, 1.82) is 0 Å². The summed E-state index contributed by atoms with van der Waals surface area (Å²) in [4.78, 5) is 1.40. The fourth-order valence-corrected chi connectivity index (χ4v) is 1.06. The zero-order valence-corrected chi connectivity index (χ0v) is 4.97. The topological polar surface area (TPSA) is 35.5 Å². The summed E-state index contributed by atoms with van der Waals surface area (Å²) >= 11 is -0.357. The standard InChI is InChI=1S/C2H3FN2OSe/c3-5-4-2(6)1-7-5/h1,4,6H. The third-order valence-electron chi connectivity index (χ3n) is 0.459. The number of aliphatic hydroxyl groups is 1. The van der Waals surface area contributed by atoms with Gasteiger partial charge in [-0.1, -0.05) is 0 Å². The Morgan fingerprint density at radius 3 is 2.86 bits per heavy atom. The van der Waals surface area contributed by atoms with E-state index in [1.54, 1.807) is 0 Å². The van der Waals surface area contributed by atoms with Crippen molar-refractivity contribution in [2.24, 2.45) is 0 Å². The molecule has 7 heavy (non-hydrogen) atoms. The second-order valence-electron chi connectivity index (χ2n) is 0.965. The van der Waals surface area contributed by atoms with E-state index in [2.05, 4.69) is 0 Å². The van der Waals surface area contributed by atoms with Crippen molar-refractivity contribution in [3.8, 4) is 0 Å². The molecule has 2 N–H and O–H groups in total. The Balaban J connectivity index is 2.42. The van der Waals surface area contributed by atoms with Crippen LogP contribution in [0.1, 0.15) is 0 Å². The second-order valence-corrected chi connectivity index (χ2v) is 2.57. The van der Waals surface area contributed by atoms with E-state index < -0.39 is 0 Å².